The summed E-state index contributed by atoms with van der Waals surface area (Å²) in [7, 11) is 1.94. The van der Waals surface area contributed by atoms with Crippen LogP contribution in [0, 0.1) is 17.6 Å². The molecule has 1 aromatic carbocycles. The molecule has 22 heavy (non-hydrogen) atoms. The molecule has 1 aliphatic rings. The van der Waals surface area contributed by atoms with Gasteiger partial charge in [0.05, 0.1) is 12.2 Å². The number of halogens is 3. The molecule has 124 valence electrons. The average Bonchev–Trinajstić information content (AvgIpc) is 2.44. The summed E-state index contributed by atoms with van der Waals surface area (Å²) < 4.78 is 26.2. The van der Waals surface area contributed by atoms with E-state index in [-0.39, 0.29) is 30.5 Å². The van der Waals surface area contributed by atoms with Crippen LogP contribution < -0.4 is 10.6 Å². The molecule has 1 aliphatic heterocycles. The zero-order valence-corrected chi connectivity index (χ0v) is 13.4. The van der Waals surface area contributed by atoms with E-state index >= 15 is 0 Å². The Kier molecular flexibility index (Phi) is 7.72. The molecular weight excluding hydrogens is 312 g/mol. The molecule has 0 unspecified atom stereocenters. The summed E-state index contributed by atoms with van der Waals surface area (Å²) in [5.41, 5.74) is 0.0199. The van der Waals surface area contributed by atoms with Gasteiger partial charge in [-0.05, 0) is 57.6 Å². The number of piperidine rings is 1. The Morgan fingerprint density at radius 2 is 2.00 bits per heavy atom. The molecular formula is C15H22ClF2N3O. The Bertz CT molecular complexity index is 494. The molecule has 1 heterocycles. The van der Waals surface area contributed by atoms with Crippen LogP contribution in [0.15, 0.2) is 18.2 Å². The van der Waals surface area contributed by atoms with Gasteiger partial charge in [-0.1, -0.05) is 0 Å². The van der Waals surface area contributed by atoms with Crippen LogP contribution >= 0.6 is 12.4 Å². The molecule has 7 heteroatoms. The predicted octanol–water partition coefficient (Wildman–Crippen LogP) is 2.26. The number of amides is 1. The van der Waals surface area contributed by atoms with Gasteiger partial charge in [-0.2, -0.15) is 0 Å². The van der Waals surface area contributed by atoms with Gasteiger partial charge >= 0.3 is 0 Å². The predicted molar refractivity (Wildman–Crippen MR) is 85.3 cm³/mol. The van der Waals surface area contributed by atoms with Crippen LogP contribution in [0.3, 0.4) is 0 Å². The first-order valence-electron chi connectivity index (χ1n) is 7.20. The van der Waals surface area contributed by atoms with Crippen LogP contribution in [0.25, 0.3) is 0 Å². The van der Waals surface area contributed by atoms with E-state index < -0.39 is 11.6 Å². The van der Waals surface area contributed by atoms with Crippen molar-refractivity contribution < 1.29 is 13.6 Å². The number of nitrogens with zero attached hydrogens (tertiary/aromatic N) is 1. The summed E-state index contributed by atoms with van der Waals surface area (Å²) in [6, 6.07) is 3.13. The summed E-state index contributed by atoms with van der Waals surface area (Å²) >= 11 is 0. The Morgan fingerprint density at radius 3 is 2.59 bits per heavy atom. The number of hydrogen-bond acceptors (Lipinski definition) is 3. The van der Waals surface area contributed by atoms with E-state index in [4.69, 9.17) is 0 Å². The number of rotatable bonds is 5. The number of likely N-dealkylation sites (tertiary alicyclic amines) is 1. The third-order valence-corrected chi connectivity index (χ3v) is 3.77. The van der Waals surface area contributed by atoms with Crippen LogP contribution in [-0.4, -0.2) is 44.0 Å². The number of nitrogens with one attached hydrogen (secondary N) is 2. The Morgan fingerprint density at radius 1 is 1.32 bits per heavy atom. The monoisotopic (exact) mass is 333 g/mol. The van der Waals surface area contributed by atoms with Crippen LogP contribution in [-0.2, 0) is 4.79 Å². The van der Waals surface area contributed by atoms with E-state index in [0.29, 0.717) is 5.92 Å². The lowest BCUT2D eigenvalue weighted by Gasteiger charge is -2.31. The van der Waals surface area contributed by atoms with Crippen molar-refractivity contribution in [3.8, 4) is 0 Å². The zero-order chi connectivity index (χ0) is 15.2. The average molecular weight is 334 g/mol. The van der Waals surface area contributed by atoms with E-state index in [1.54, 1.807) is 0 Å². The molecule has 2 rings (SSSR count). The van der Waals surface area contributed by atoms with E-state index in [9.17, 15) is 13.6 Å². The summed E-state index contributed by atoms with van der Waals surface area (Å²) in [5, 5.41) is 5.65. The maximum atomic E-state index is 13.5. The standard InChI is InChI=1S/C15H21F2N3O.ClH/c1-18-9-11-4-6-20(7-5-11)10-15(21)19-14-3-2-12(16)8-13(14)17;/h2-3,8,11,18H,4-7,9-10H2,1H3,(H,19,21);1H. The van der Waals surface area contributed by atoms with Crippen molar-refractivity contribution in [2.45, 2.75) is 12.8 Å². The van der Waals surface area contributed by atoms with Gasteiger partial charge in [0.15, 0.2) is 0 Å². The first kappa shape index (κ1) is 18.8. The van der Waals surface area contributed by atoms with Crippen molar-refractivity contribution in [1.29, 1.82) is 0 Å². The van der Waals surface area contributed by atoms with E-state index in [0.717, 1.165) is 44.6 Å². The smallest absolute Gasteiger partial charge is 0.238 e. The van der Waals surface area contributed by atoms with Gasteiger partial charge < -0.3 is 10.6 Å². The summed E-state index contributed by atoms with van der Waals surface area (Å²) in [6.07, 6.45) is 2.11. The quantitative estimate of drug-likeness (QED) is 0.868. The normalized spacial score (nSPS) is 16.1. The Balaban J connectivity index is 0.00000242. The molecule has 1 saturated heterocycles. The van der Waals surface area contributed by atoms with Gasteiger partial charge in [0, 0.05) is 6.07 Å². The third-order valence-electron chi connectivity index (χ3n) is 3.77. The van der Waals surface area contributed by atoms with E-state index in [1.165, 1.54) is 6.07 Å². The number of hydrogen-bond donors (Lipinski definition) is 2. The number of anilines is 1. The minimum atomic E-state index is -0.754. The fraction of sp³-hybridized carbons (Fsp3) is 0.533. The number of benzene rings is 1. The van der Waals surface area contributed by atoms with Crippen LogP contribution in [0.5, 0.6) is 0 Å². The summed E-state index contributed by atoms with van der Waals surface area (Å²) in [5.74, 6) is -1.02. The fourth-order valence-electron chi connectivity index (χ4n) is 2.62. The molecule has 0 bridgehead atoms. The van der Waals surface area contributed by atoms with E-state index in [1.807, 2.05) is 7.05 Å². The minimum absolute atomic E-state index is 0. The van der Waals surface area contributed by atoms with Gasteiger partial charge in [-0.3, -0.25) is 9.69 Å². The molecule has 0 aliphatic carbocycles. The van der Waals surface area contributed by atoms with Gasteiger partial charge in [-0.15, -0.1) is 12.4 Å². The molecule has 2 N–H and O–H groups in total. The van der Waals surface area contributed by atoms with Crippen LogP contribution in [0.4, 0.5) is 14.5 Å². The van der Waals surface area contributed by atoms with Crippen molar-refractivity contribution >= 4 is 24.0 Å². The van der Waals surface area contributed by atoms with Crippen molar-refractivity contribution in [3.05, 3.63) is 29.8 Å². The Hall–Kier alpha value is -1.24. The van der Waals surface area contributed by atoms with Crippen molar-refractivity contribution in [2.24, 2.45) is 5.92 Å². The molecule has 0 spiro atoms. The van der Waals surface area contributed by atoms with Gasteiger partial charge in [0.2, 0.25) is 5.91 Å². The van der Waals surface area contributed by atoms with Gasteiger partial charge in [0.1, 0.15) is 11.6 Å². The highest BCUT2D eigenvalue weighted by molar-refractivity contribution is 5.92. The first-order chi connectivity index (χ1) is 10.1. The van der Waals surface area contributed by atoms with Gasteiger partial charge in [0.25, 0.3) is 0 Å². The highest BCUT2D eigenvalue weighted by Crippen LogP contribution is 2.17. The first-order valence-corrected chi connectivity index (χ1v) is 7.20. The SMILES string of the molecule is CNCC1CCN(CC(=O)Nc2ccc(F)cc2F)CC1.Cl. The largest absolute Gasteiger partial charge is 0.322 e. The lowest BCUT2D eigenvalue weighted by Crippen LogP contribution is -2.40. The molecule has 4 nitrogen and oxygen atoms in total. The van der Waals surface area contributed by atoms with Crippen molar-refractivity contribution in [1.82, 2.24) is 10.2 Å². The molecule has 0 atom stereocenters. The molecule has 0 aromatic heterocycles. The second-order valence-corrected chi connectivity index (χ2v) is 5.45. The lowest BCUT2D eigenvalue weighted by atomic mass is 9.97. The third kappa shape index (κ3) is 5.51. The highest BCUT2D eigenvalue weighted by Gasteiger charge is 2.20. The van der Waals surface area contributed by atoms with Crippen molar-refractivity contribution in [3.63, 3.8) is 0 Å². The maximum Gasteiger partial charge on any atom is 0.238 e. The minimum Gasteiger partial charge on any atom is -0.322 e. The second kappa shape index (κ2) is 9.02. The molecule has 0 saturated carbocycles. The maximum absolute atomic E-state index is 13.5. The fourth-order valence-corrected chi connectivity index (χ4v) is 2.62. The van der Waals surface area contributed by atoms with Crippen molar-refractivity contribution in [2.75, 3.05) is 38.5 Å². The lowest BCUT2D eigenvalue weighted by molar-refractivity contribution is -0.117. The van der Waals surface area contributed by atoms with Crippen LogP contribution in [0.2, 0.25) is 0 Å². The zero-order valence-electron chi connectivity index (χ0n) is 12.6. The number of carbonyl (C=O) groups is 1. The molecule has 1 fully saturated rings. The highest BCUT2D eigenvalue weighted by atomic mass is 35.5. The van der Waals surface area contributed by atoms with Gasteiger partial charge in [-0.25, -0.2) is 8.78 Å². The topological polar surface area (TPSA) is 44.4 Å². The summed E-state index contributed by atoms with van der Waals surface area (Å²) in [6.45, 7) is 2.97. The Labute approximate surface area is 135 Å². The second-order valence-electron chi connectivity index (χ2n) is 5.45. The number of carbonyl (C=O) groups excluding carboxylic acids is 1. The van der Waals surface area contributed by atoms with Crippen LogP contribution in [0.1, 0.15) is 12.8 Å². The molecule has 1 amide bonds. The summed E-state index contributed by atoms with van der Waals surface area (Å²) in [4.78, 5) is 14.0. The molecule has 0 radical (unpaired) electrons. The molecule has 1 aromatic rings. The van der Waals surface area contributed by atoms with E-state index in [2.05, 4.69) is 15.5 Å².